The van der Waals surface area contributed by atoms with Crippen LogP contribution >= 0.6 is 0 Å². The van der Waals surface area contributed by atoms with Crippen molar-refractivity contribution in [3.8, 4) is 11.5 Å². The summed E-state index contributed by atoms with van der Waals surface area (Å²) in [6.07, 6.45) is 0.903. The molecule has 0 bridgehead atoms. The van der Waals surface area contributed by atoms with E-state index in [1.54, 1.807) is 14.2 Å². The first-order valence-corrected chi connectivity index (χ1v) is 7.12. The fourth-order valence-electron chi connectivity index (χ4n) is 2.43. The molecule has 0 fully saturated rings. The molecule has 2 aromatic carbocycles. The zero-order valence-corrected chi connectivity index (χ0v) is 13.1. The molecule has 0 aromatic heterocycles. The van der Waals surface area contributed by atoms with E-state index in [1.165, 1.54) is 16.7 Å². The fraction of sp³-hybridized carbons (Fsp3) is 0.333. The number of ether oxygens (including phenoxy) is 2. The molecule has 1 atom stereocenters. The Bertz CT molecular complexity index is 578. The van der Waals surface area contributed by atoms with Gasteiger partial charge in [0.25, 0.3) is 0 Å². The van der Waals surface area contributed by atoms with Gasteiger partial charge in [0.05, 0.1) is 14.2 Å². The lowest BCUT2D eigenvalue weighted by Gasteiger charge is -2.18. The zero-order valence-electron chi connectivity index (χ0n) is 13.1. The lowest BCUT2D eigenvalue weighted by Crippen LogP contribution is -2.18. The predicted molar refractivity (Wildman–Crippen MR) is 86.2 cm³/mol. The second-order valence-corrected chi connectivity index (χ2v) is 5.15. The van der Waals surface area contributed by atoms with Crippen LogP contribution in [-0.4, -0.2) is 21.3 Å². The largest absolute Gasteiger partial charge is 0.493 e. The second-order valence-electron chi connectivity index (χ2n) is 5.15. The van der Waals surface area contributed by atoms with Crippen molar-refractivity contribution in [1.82, 2.24) is 5.32 Å². The number of aryl methyl sites for hydroxylation is 1. The smallest absolute Gasteiger partial charge is 0.160 e. The summed E-state index contributed by atoms with van der Waals surface area (Å²) in [5.74, 6) is 1.53. The van der Waals surface area contributed by atoms with Gasteiger partial charge in [-0.05, 0) is 43.7 Å². The Kier molecular flexibility index (Phi) is 5.23. The van der Waals surface area contributed by atoms with Crippen LogP contribution in [0.4, 0.5) is 0 Å². The van der Waals surface area contributed by atoms with E-state index in [9.17, 15) is 0 Å². The highest BCUT2D eigenvalue weighted by atomic mass is 16.5. The van der Waals surface area contributed by atoms with Crippen LogP contribution in [-0.2, 0) is 6.42 Å². The predicted octanol–water partition coefficient (Wildman–Crippen LogP) is 3.52. The van der Waals surface area contributed by atoms with Gasteiger partial charge < -0.3 is 14.8 Å². The lowest BCUT2D eigenvalue weighted by molar-refractivity contribution is 0.354. The topological polar surface area (TPSA) is 30.5 Å². The van der Waals surface area contributed by atoms with E-state index >= 15 is 0 Å². The van der Waals surface area contributed by atoms with Crippen molar-refractivity contribution in [2.75, 3.05) is 21.3 Å². The molecule has 0 saturated heterocycles. The Balaban J connectivity index is 2.20. The summed E-state index contributed by atoms with van der Waals surface area (Å²) >= 11 is 0. The third-order valence-electron chi connectivity index (χ3n) is 3.72. The Labute approximate surface area is 126 Å². The van der Waals surface area contributed by atoms with Gasteiger partial charge in [-0.15, -0.1) is 0 Å². The van der Waals surface area contributed by atoms with E-state index in [1.807, 2.05) is 19.2 Å². The van der Waals surface area contributed by atoms with Gasteiger partial charge in [0.1, 0.15) is 0 Å². The molecule has 21 heavy (non-hydrogen) atoms. The van der Waals surface area contributed by atoms with E-state index in [-0.39, 0.29) is 6.04 Å². The molecule has 2 aromatic rings. The maximum Gasteiger partial charge on any atom is 0.160 e. The third kappa shape index (κ3) is 3.76. The third-order valence-corrected chi connectivity index (χ3v) is 3.72. The van der Waals surface area contributed by atoms with Crippen LogP contribution in [0, 0.1) is 6.92 Å². The molecule has 0 amide bonds. The van der Waals surface area contributed by atoms with Crippen molar-refractivity contribution in [2.45, 2.75) is 19.4 Å². The highest BCUT2D eigenvalue weighted by molar-refractivity contribution is 5.43. The monoisotopic (exact) mass is 285 g/mol. The van der Waals surface area contributed by atoms with E-state index < -0.39 is 0 Å². The molecule has 0 heterocycles. The summed E-state index contributed by atoms with van der Waals surface area (Å²) in [6, 6.07) is 15.0. The Hall–Kier alpha value is -2.00. The van der Waals surface area contributed by atoms with Crippen molar-refractivity contribution in [3.05, 3.63) is 59.2 Å². The average Bonchev–Trinajstić information content (AvgIpc) is 2.53. The Morgan fingerprint density at radius 3 is 2.19 bits per heavy atom. The molecule has 2 rings (SSSR count). The summed E-state index contributed by atoms with van der Waals surface area (Å²) in [6.45, 7) is 2.10. The molecule has 1 unspecified atom stereocenters. The quantitative estimate of drug-likeness (QED) is 0.881. The Morgan fingerprint density at radius 1 is 0.952 bits per heavy atom. The molecule has 0 aliphatic rings. The molecule has 1 N–H and O–H groups in total. The maximum atomic E-state index is 5.37. The molecule has 0 spiro atoms. The molecule has 0 saturated carbocycles. The van der Waals surface area contributed by atoms with E-state index in [0.717, 1.165) is 17.9 Å². The fourth-order valence-corrected chi connectivity index (χ4v) is 2.43. The van der Waals surface area contributed by atoms with Crippen molar-refractivity contribution in [1.29, 1.82) is 0 Å². The van der Waals surface area contributed by atoms with Gasteiger partial charge in [-0.1, -0.05) is 35.9 Å². The van der Waals surface area contributed by atoms with Crippen LogP contribution in [0.5, 0.6) is 11.5 Å². The molecule has 0 aliphatic heterocycles. The molecule has 3 heteroatoms. The van der Waals surface area contributed by atoms with Crippen LogP contribution in [0.2, 0.25) is 0 Å². The molecule has 3 nitrogen and oxygen atoms in total. The molecular weight excluding hydrogens is 262 g/mol. The van der Waals surface area contributed by atoms with E-state index in [0.29, 0.717) is 0 Å². The summed E-state index contributed by atoms with van der Waals surface area (Å²) in [4.78, 5) is 0. The number of hydrogen-bond acceptors (Lipinski definition) is 3. The van der Waals surface area contributed by atoms with Crippen LogP contribution in [0.25, 0.3) is 0 Å². The van der Waals surface area contributed by atoms with Gasteiger partial charge in [0.2, 0.25) is 0 Å². The van der Waals surface area contributed by atoms with Crippen LogP contribution in [0.3, 0.4) is 0 Å². The van der Waals surface area contributed by atoms with Gasteiger partial charge in [0.15, 0.2) is 11.5 Å². The van der Waals surface area contributed by atoms with Crippen LogP contribution in [0.15, 0.2) is 42.5 Å². The van der Waals surface area contributed by atoms with Gasteiger partial charge in [-0.25, -0.2) is 0 Å². The normalized spacial score (nSPS) is 12.0. The van der Waals surface area contributed by atoms with Crippen LogP contribution in [0.1, 0.15) is 22.7 Å². The number of hydrogen-bond donors (Lipinski definition) is 1. The summed E-state index contributed by atoms with van der Waals surface area (Å²) in [5.41, 5.74) is 3.78. The minimum atomic E-state index is 0.281. The summed E-state index contributed by atoms with van der Waals surface area (Å²) in [5, 5.41) is 3.38. The summed E-state index contributed by atoms with van der Waals surface area (Å²) < 4.78 is 10.6. The molecule has 0 radical (unpaired) electrons. The first kappa shape index (κ1) is 15.4. The van der Waals surface area contributed by atoms with Crippen LogP contribution < -0.4 is 14.8 Å². The standard InChI is InChI=1S/C18H23NO2/c1-13-5-8-15(9-6-13)16(19-2)11-14-7-10-17(20-3)18(12-14)21-4/h5-10,12,16,19H,11H2,1-4H3. The number of nitrogens with one attached hydrogen (secondary N) is 1. The minimum absolute atomic E-state index is 0.281. The maximum absolute atomic E-state index is 5.37. The molecule has 112 valence electrons. The number of methoxy groups -OCH3 is 2. The molecule has 0 aliphatic carbocycles. The van der Waals surface area contributed by atoms with E-state index in [2.05, 4.69) is 42.6 Å². The SMILES string of the molecule is CNC(Cc1ccc(OC)c(OC)c1)c1ccc(C)cc1. The minimum Gasteiger partial charge on any atom is -0.493 e. The van der Waals surface area contributed by atoms with Crippen molar-refractivity contribution in [2.24, 2.45) is 0 Å². The first-order chi connectivity index (χ1) is 10.2. The zero-order chi connectivity index (χ0) is 15.2. The Morgan fingerprint density at radius 2 is 1.62 bits per heavy atom. The van der Waals surface area contributed by atoms with Gasteiger partial charge in [0, 0.05) is 6.04 Å². The number of rotatable bonds is 6. The second kappa shape index (κ2) is 7.14. The number of benzene rings is 2. The van der Waals surface area contributed by atoms with Crippen molar-refractivity contribution in [3.63, 3.8) is 0 Å². The number of likely N-dealkylation sites (N-methyl/N-ethyl adjacent to an activating group) is 1. The highest BCUT2D eigenvalue weighted by Crippen LogP contribution is 2.29. The highest BCUT2D eigenvalue weighted by Gasteiger charge is 2.12. The average molecular weight is 285 g/mol. The first-order valence-electron chi connectivity index (χ1n) is 7.12. The van der Waals surface area contributed by atoms with Gasteiger partial charge in [-0.2, -0.15) is 0 Å². The summed E-state index contributed by atoms with van der Waals surface area (Å²) in [7, 11) is 5.31. The van der Waals surface area contributed by atoms with Crippen molar-refractivity contribution < 1.29 is 9.47 Å². The molecular formula is C18H23NO2. The van der Waals surface area contributed by atoms with Crippen molar-refractivity contribution >= 4 is 0 Å². The van der Waals surface area contributed by atoms with Gasteiger partial charge >= 0.3 is 0 Å². The lowest BCUT2D eigenvalue weighted by atomic mass is 9.98. The van der Waals surface area contributed by atoms with Gasteiger partial charge in [-0.3, -0.25) is 0 Å². The van der Waals surface area contributed by atoms with E-state index in [4.69, 9.17) is 9.47 Å².